The lowest BCUT2D eigenvalue weighted by atomic mass is 10.1. The van der Waals surface area contributed by atoms with E-state index in [2.05, 4.69) is 15.9 Å². The van der Waals surface area contributed by atoms with Crippen LogP contribution in [0.2, 0.25) is 0 Å². The van der Waals surface area contributed by atoms with Crippen LogP contribution in [0.25, 0.3) is 0 Å². The highest BCUT2D eigenvalue weighted by molar-refractivity contribution is 9.10. The number of hydrogen-bond donors (Lipinski definition) is 0. The van der Waals surface area contributed by atoms with Gasteiger partial charge in [-0.25, -0.2) is 8.42 Å². The van der Waals surface area contributed by atoms with E-state index in [0.29, 0.717) is 15.7 Å². The summed E-state index contributed by atoms with van der Waals surface area (Å²) in [5, 5.41) is 0. The Balaban J connectivity index is 2.51. The van der Waals surface area contributed by atoms with Crippen LogP contribution in [0.5, 0.6) is 0 Å². The van der Waals surface area contributed by atoms with Gasteiger partial charge in [-0.3, -0.25) is 9.10 Å². The van der Waals surface area contributed by atoms with E-state index in [0.717, 1.165) is 11.8 Å². The molecule has 0 saturated carbocycles. The van der Waals surface area contributed by atoms with Gasteiger partial charge in [0, 0.05) is 10.0 Å². The van der Waals surface area contributed by atoms with Gasteiger partial charge in [0.2, 0.25) is 10.0 Å². The first kappa shape index (κ1) is 16.7. The van der Waals surface area contributed by atoms with Crippen LogP contribution >= 0.6 is 15.9 Å². The normalized spacial score (nSPS) is 11.2. The van der Waals surface area contributed by atoms with E-state index in [9.17, 15) is 13.2 Å². The molecule has 2 aromatic rings. The first-order chi connectivity index (χ1) is 10.3. The predicted molar refractivity (Wildman–Crippen MR) is 91.6 cm³/mol. The second-order valence-electron chi connectivity index (χ2n) is 4.98. The van der Waals surface area contributed by atoms with Crippen molar-refractivity contribution in [3.05, 3.63) is 64.1 Å². The van der Waals surface area contributed by atoms with Crippen molar-refractivity contribution in [2.75, 3.05) is 10.6 Å². The molecule has 0 saturated heterocycles. The standard InChI is InChI=1S/C16H16BrNO3S/c1-12(19)14-8-9-15(17)16(10-14)18(22(2,20)21)11-13-6-4-3-5-7-13/h3-10H,11H2,1-2H3. The Morgan fingerprint density at radius 3 is 2.32 bits per heavy atom. The molecule has 0 aliphatic rings. The Bertz CT molecular complexity index is 788. The van der Waals surface area contributed by atoms with E-state index in [1.54, 1.807) is 18.2 Å². The maximum Gasteiger partial charge on any atom is 0.232 e. The smallest absolute Gasteiger partial charge is 0.232 e. The van der Waals surface area contributed by atoms with Gasteiger partial charge in [-0.15, -0.1) is 0 Å². The van der Waals surface area contributed by atoms with Gasteiger partial charge in [-0.1, -0.05) is 36.4 Å². The first-order valence-electron chi connectivity index (χ1n) is 6.61. The highest BCUT2D eigenvalue weighted by Gasteiger charge is 2.21. The largest absolute Gasteiger partial charge is 0.295 e. The van der Waals surface area contributed by atoms with Gasteiger partial charge in [0.1, 0.15) is 0 Å². The summed E-state index contributed by atoms with van der Waals surface area (Å²) in [5.74, 6) is -0.109. The number of ketones is 1. The van der Waals surface area contributed by atoms with Crippen LogP contribution in [0.3, 0.4) is 0 Å². The lowest BCUT2D eigenvalue weighted by molar-refractivity contribution is 0.101. The number of carbonyl (C=O) groups excluding carboxylic acids is 1. The lowest BCUT2D eigenvalue weighted by Gasteiger charge is -2.24. The molecule has 116 valence electrons. The van der Waals surface area contributed by atoms with Gasteiger partial charge in [-0.2, -0.15) is 0 Å². The highest BCUT2D eigenvalue weighted by atomic mass is 79.9. The second kappa shape index (κ2) is 6.62. The molecule has 0 atom stereocenters. The fourth-order valence-corrected chi connectivity index (χ4v) is 3.52. The molecule has 2 rings (SSSR count). The zero-order valence-electron chi connectivity index (χ0n) is 12.3. The minimum Gasteiger partial charge on any atom is -0.295 e. The molecular weight excluding hydrogens is 366 g/mol. The van der Waals surface area contributed by atoms with Crippen molar-refractivity contribution in [1.82, 2.24) is 0 Å². The molecule has 0 aliphatic carbocycles. The van der Waals surface area contributed by atoms with Crippen molar-refractivity contribution in [2.45, 2.75) is 13.5 Å². The van der Waals surface area contributed by atoms with E-state index < -0.39 is 10.0 Å². The zero-order chi connectivity index (χ0) is 16.3. The number of Topliss-reactive ketones (excluding diaryl/α,β-unsaturated/α-hetero) is 1. The number of anilines is 1. The molecule has 2 aromatic carbocycles. The van der Waals surface area contributed by atoms with Crippen molar-refractivity contribution in [1.29, 1.82) is 0 Å². The van der Waals surface area contributed by atoms with Gasteiger partial charge in [0.05, 0.1) is 18.5 Å². The van der Waals surface area contributed by atoms with Crippen molar-refractivity contribution in [3.8, 4) is 0 Å². The highest BCUT2D eigenvalue weighted by Crippen LogP contribution is 2.30. The average Bonchev–Trinajstić information content (AvgIpc) is 2.45. The molecule has 4 nitrogen and oxygen atoms in total. The molecule has 0 aliphatic heterocycles. The number of hydrogen-bond acceptors (Lipinski definition) is 3. The number of rotatable bonds is 5. The molecule has 6 heteroatoms. The zero-order valence-corrected chi connectivity index (χ0v) is 14.7. The van der Waals surface area contributed by atoms with Gasteiger partial charge < -0.3 is 0 Å². The van der Waals surface area contributed by atoms with Gasteiger partial charge in [0.15, 0.2) is 5.78 Å². The minimum absolute atomic E-state index is 0.109. The fraction of sp³-hybridized carbons (Fsp3) is 0.188. The summed E-state index contributed by atoms with van der Waals surface area (Å²) in [6, 6.07) is 14.3. The summed E-state index contributed by atoms with van der Waals surface area (Å²) in [6.07, 6.45) is 1.16. The van der Waals surface area contributed by atoms with Gasteiger partial charge >= 0.3 is 0 Å². The van der Waals surface area contributed by atoms with E-state index in [-0.39, 0.29) is 12.3 Å². The summed E-state index contributed by atoms with van der Waals surface area (Å²) in [7, 11) is -3.49. The molecule has 0 N–H and O–H groups in total. The van der Waals surface area contributed by atoms with Crippen LogP contribution in [-0.2, 0) is 16.6 Å². The third kappa shape index (κ3) is 3.96. The van der Waals surface area contributed by atoms with Crippen LogP contribution in [0.4, 0.5) is 5.69 Å². The molecular formula is C16H16BrNO3S. The molecule has 0 aromatic heterocycles. The Kier molecular flexibility index (Phi) is 5.03. The van der Waals surface area contributed by atoms with Crippen LogP contribution in [0.1, 0.15) is 22.8 Å². The van der Waals surface area contributed by atoms with Crippen LogP contribution in [0.15, 0.2) is 53.0 Å². The number of halogens is 1. The number of sulfonamides is 1. The first-order valence-corrected chi connectivity index (χ1v) is 9.25. The third-order valence-corrected chi connectivity index (χ3v) is 4.99. The summed E-state index contributed by atoms with van der Waals surface area (Å²) in [6.45, 7) is 1.66. The van der Waals surface area contributed by atoms with Crippen molar-refractivity contribution >= 4 is 37.4 Å². The summed E-state index contributed by atoms with van der Waals surface area (Å²) < 4.78 is 26.3. The Morgan fingerprint density at radius 2 is 1.77 bits per heavy atom. The molecule has 0 amide bonds. The molecule has 0 bridgehead atoms. The van der Waals surface area contributed by atoms with Crippen molar-refractivity contribution in [3.63, 3.8) is 0 Å². The van der Waals surface area contributed by atoms with Crippen molar-refractivity contribution < 1.29 is 13.2 Å². The summed E-state index contributed by atoms with van der Waals surface area (Å²) >= 11 is 3.37. The van der Waals surface area contributed by atoms with Crippen molar-refractivity contribution in [2.24, 2.45) is 0 Å². The topological polar surface area (TPSA) is 54.5 Å². The SMILES string of the molecule is CC(=O)c1ccc(Br)c(N(Cc2ccccc2)S(C)(=O)=O)c1. The maximum atomic E-state index is 12.2. The molecule has 22 heavy (non-hydrogen) atoms. The molecule has 0 fully saturated rings. The van der Waals surface area contributed by atoms with Gasteiger partial charge in [-0.05, 0) is 40.5 Å². The molecule has 0 heterocycles. The number of nitrogens with zero attached hydrogens (tertiary/aromatic N) is 1. The van der Waals surface area contributed by atoms with Crippen LogP contribution in [-0.4, -0.2) is 20.5 Å². The van der Waals surface area contributed by atoms with E-state index >= 15 is 0 Å². The third-order valence-electron chi connectivity index (χ3n) is 3.19. The molecule has 0 radical (unpaired) electrons. The molecule has 0 spiro atoms. The quantitative estimate of drug-likeness (QED) is 0.743. The fourth-order valence-electron chi connectivity index (χ4n) is 2.05. The number of benzene rings is 2. The van der Waals surface area contributed by atoms with Crippen LogP contribution in [0, 0.1) is 0 Å². The lowest BCUT2D eigenvalue weighted by Crippen LogP contribution is -2.29. The molecule has 0 unspecified atom stereocenters. The monoisotopic (exact) mass is 381 g/mol. The van der Waals surface area contributed by atoms with Gasteiger partial charge in [0.25, 0.3) is 0 Å². The average molecular weight is 382 g/mol. The minimum atomic E-state index is -3.49. The Hall–Kier alpha value is -1.66. The Labute approximate surface area is 138 Å². The number of carbonyl (C=O) groups is 1. The summed E-state index contributed by atoms with van der Waals surface area (Å²) in [5.41, 5.74) is 1.80. The van der Waals surface area contributed by atoms with E-state index in [1.807, 2.05) is 30.3 Å². The van der Waals surface area contributed by atoms with Crippen LogP contribution < -0.4 is 4.31 Å². The van der Waals surface area contributed by atoms with E-state index in [1.165, 1.54) is 11.2 Å². The van der Waals surface area contributed by atoms with E-state index in [4.69, 9.17) is 0 Å². The second-order valence-corrected chi connectivity index (χ2v) is 7.74. The summed E-state index contributed by atoms with van der Waals surface area (Å²) in [4.78, 5) is 11.6. The Morgan fingerprint density at radius 1 is 1.14 bits per heavy atom. The maximum absolute atomic E-state index is 12.2. The predicted octanol–water partition coefficient (Wildman–Crippen LogP) is 3.62.